The first kappa shape index (κ1) is 6.68. The molecule has 0 radical (unpaired) electrons. The van der Waals surface area contributed by atoms with Gasteiger partial charge in [-0.3, -0.25) is 0 Å². The molecule has 3 heteroatoms. The van der Waals surface area contributed by atoms with E-state index in [1.54, 1.807) is 6.92 Å². The maximum atomic E-state index is 9.90. The van der Waals surface area contributed by atoms with Gasteiger partial charge >= 0.3 is 0 Å². The summed E-state index contributed by atoms with van der Waals surface area (Å²) < 4.78 is 0. The van der Waals surface area contributed by atoms with Crippen molar-refractivity contribution in [3.05, 3.63) is 4.91 Å². The third-order valence-electron chi connectivity index (χ3n) is 1.77. The van der Waals surface area contributed by atoms with Gasteiger partial charge in [0.25, 0.3) is 0 Å². The van der Waals surface area contributed by atoms with Gasteiger partial charge in [0.15, 0.2) is 0 Å². The van der Waals surface area contributed by atoms with Crippen LogP contribution in [-0.2, 0) is 0 Å². The number of nitroso groups, excluding NO2 is 1. The molecule has 52 valence electrons. The molecule has 1 atom stereocenters. The molecule has 0 unspecified atom stereocenters. The summed E-state index contributed by atoms with van der Waals surface area (Å²) in [7, 11) is 0. The molecule has 3 nitrogen and oxygen atoms in total. The molecule has 1 saturated carbocycles. The molecule has 0 aliphatic heterocycles. The molecule has 1 rings (SSSR count). The summed E-state index contributed by atoms with van der Waals surface area (Å²) in [6.07, 6.45) is 2.89. The Balaban J connectivity index is 2.24. The summed E-state index contributed by atoms with van der Waals surface area (Å²) in [4.78, 5) is 9.90. The van der Waals surface area contributed by atoms with Gasteiger partial charge in [-0.1, -0.05) is 5.18 Å². The fourth-order valence-electron chi connectivity index (χ4n) is 0.990. The van der Waals surface area contributed by atoms with Gasteiger partial charge in [0.1, 0.15) is 0 Å². The smallest absolute Gasteiger partial charge is 0.0909 e. The maximum absolute atomic E-state index is 9.90. The summed E-state index contributed by atoms with van der Waals surface area (Å²) in [5, 5.41) is 2.88. The number of rotatable bonds is 3. The van der Waals surface area contributed by atoms with Gasteiger partial charge in [0, 0.05) is 5.54 Å². The highest BCUT2D eigenvalue weighted by atomic mass is 16.3. The Morgan fingerprint density at radius 2 is 2.33 bits per heavy atom. The van der Waals surface area contributed by atoms with Crippen LogP contribution in [0, 0.1) is 4.91 Å². The Kier molecular flexibility index (Phi) is 1.53. The largest absolute Gasteiger partial charge is 0.325 e. The normalized spacial score (nSPS) is 25.1. The number of hydrogen-bond donors (Lipinski definition) is 1. The van der Waals surface area contributed by atoms with E-state index in [0.717, 1.165) is 19.3 Å². The van der Waals surface area contributed by atoms with Crippen molar-refractivity contribution >= 4 is 0 Å². The first-order valence-electron chi connectivity index (χ1n) is 3.28. The summed E-state index contributed by atoms with van der Waals surface area (Å²) in [5.74, 6) is 0. The predicted molar refractivity (Wildman–Crippen MR) is 36.0 cm³/mol. The van der Waals surface area contributed by atoms with Crippen molar-refractivity contribution in [1.82, 2.24) is 0 Å². The van der Waals surface area contributed by atoms with Gasteiger partial charge in [0.05, 0.1) is 6.04 Å². The van der Waals surface area contributed by atoms with Crippen molar-refractivity contribution in [3.63, 3.8) is 0 Å². The van der Waals surface area contributed by atoms with Crippen molar-refractivity contribution in [1.29, 1.82) is 0 Å². The van der Waals surface area contributed by atoms with Crippen LogP contribution in [0.1, 0.15) is 26.2 Å². The second-order valence-corrected chi connectivity index (χ2v) is 3.02. The lowest BCUT2D eigenvalue weighted by molar-refractivity contribution is 0.537. The molecule has 9 heavy (non-hydrogen) atoms. The number of hydrogen-bond acceptors (Lipinski definition) is 3. The van der Waals surface area contributed by atoms with Crippen molar-refractivity contribution in [2.75, 3.05) is 0 Å². The van der Waals surface area contributed by atoms with Crippen LogP contribution in [0.25, 0.3) is 0 Å². The Morgan fingerprint density at radius 3 is 2.67 bits per heavy atom. The average molecular weight is 128 g/mol. The summed E-state index contributed by atoms with van der Waals surface area (Å²) >= 11 is 0. The SMILES string of the molecule is C[C@@H](CC1(N)CC1)N=O. The maximum Gasteiger partial charge on any atom is 0.0909 e. The molecular formula is C6H12N2O. The Morgan fingerprint density at radius 1 is 1.78 bits per heavy atom. The monoisotopic (exact) mass is 128 g/mol. The minimum absolute atomic E-state index is 0.0205. The third kappa shape index (κ3) is 1.75. The molecule has 0 amide bonds. The molecule has 0 aromatic heterocycles. The summed E-state index contributed by atoms with van der Waals surface area (Å²) in [5.41, 5.74) is 5.70. The minimum atomic E-state index is -0.0995. The Labute approximate surface area is 54.6 Å². The lowest BCUT2D eigenvalue weighted by Crippen LogP contribution is -2.25. The van der Waals surface area contributed by atoms with E-state index in [4.69, 9.17) is 5.73 Å². The van der Waals surface area contributed by atoms with Crippen molar-refractivity contribution < 1.29 is 0 Å². The van der Waals surface area contributed by atoms with Crippen LogP contribution in [0.15, 0.2) is 5.18 Å². The van der Waals surface area contributed by atoms with Crippen LogP contribution < -0.4 is 5.73 Å². The lowest BCUT2D eigenvalue weighted by Gasteiger charge is -2.07. The molecule has 0 aromatic rings. The van der Waals surface area contributed by atoms with Crippen LogP contribution in [-0.4, -0.2) is 11.6 Å². The van der Waals surface area contributed by atoms with Gasteiger partial charge in [-0.15, -0.1) is 0 Å². The summed E-state index contributed by atoms with van der Waals surface area (Å²) in [6, 6.07) is -0.0995. The van der Waals surface area contributed by atoms with E-state index in [9.17, 15) is 4.91 Å². The fourth-order valence-corrected chi connectivity index (χ4v) is 0.990. The first-order chi connectivity index (χ1) is 4.16. The zero-order valence-electron chi connectivity index (χ0n) is 5.63. The van der Waals surface area contributed by atoms with Gasteiger partial charge in [-0.05, 0) is 26.2 Å². The molecule has 1 aliphatic carbocycles. The van der Waals surface area contributed by atoms with E-state index in [-0.39, 0.29) is 11.6 Å². The molecule has 0 spiro atoms. The highest BCUT2D eigenvalue weighted by Crippen LogP contribution is 2.36. The average Bonchev–Trinajstić information content (AvgIpc) is 2.48. The minimum Gasteiger partial charge on any atom is -0.325 e. The second-order valence-electron chi connectivity index (χ2n) is 3.02. The second kappa shape index (κ2) is 2.06. The molecule has 1 aliphatic rings. The topological polar surface area (TPSA) is 55.4 Å². The lowest BCUT2D eigenvalue weighted by atomic mass is 10.1. The van der Waals surface area contributed by atoms with Crippen molar-refractivity contribution in [2.24, 2.45) is 10.9 Å². The van der Waals surface area contributed by atoms with Crippen LogP contribution in [0.2, 0.25) is 0 Å². The zero-order valence-corrected chi connectivity index (χ0v) is 5.63. The number of nitrogens with two attached hydrogens (primary N) is 1. The molecule has 0 heterocycles. The van der Waals surface area contributed by atoms with E-state index >= 15 is 0 Å². The first-order valence-corrected chi connectivity index (χ1v) is 3.28. The molecule has 2 N–H and O–H groups in total. The van der Waals surface area contributed by atoms with Crippen LogP contribution >= 0.6 is 0 Å². The van der Waals surface area contributed by atoms with E-state index in [1.165, 1.54) is 0 Å². The molecule has 1 fully saturated rings. The standard InChI is InChI=1S/C6H12N2O/c1-5(8-9)4-6(7)2-3-6/h5H,2-4,7H2,1H3/t5-/m0/s1. The summed E-state index contributed by atoms with van der Waals surface area (Å²) in [6.45, 7) is 1.81. The molecule has 0 bridgehead atoms. The van der Waals surface area contributed by atoms with Gasteiger partial charge in [-0.25, -0.2) is 0 Å². The highest BCUT2D eigenvalue weighted by molar-refractivity contribution is 5.00. The molecule has 0 aromatic carbocycles. The van der Waals surface area contributed by atoms with Crippen molar-refractivity contribution in [2.45, 2.75) is 37.8 Å². The fraction of sp³-hybridized carbons (Fsp3) is 1.00. The van der Waals surface area contributed by atoms with Gasteiger partial charge in [0.2, 0.25) is 0 Å². The third-order valence-corrected chi connectivity index (χ3v) is 1.77. The van der Waals surface area contributed by atoms with E-state index < -0.39 is 0 Å². The molecule has 0 saturated heterocycles. The van der Waals surface area contributed by atoms with Crippen LogP contribution in [0.4, 0.5) is 0 Å². The quantitative estimate of drug-likeness (QED) is 0.577. The predicted octanol–water partition coefficient (Wildman–Crippen LogP) is 1.02. The zero-order chi connectivity index (χ0) is 6.91. The van der Waals surface area contributed by atoms with E-state index in [2.05, 4.69) is 5.18 Å². The number of nitrogens with zero attached hydrogens (tertiary/aromatic N) is 1. The van der Waals surface area contributed by atoms with Crippen molar-refractivity contribution in [3.8, 4) is 0 Å². The van der Waals surface area contributed by atoms with E-state index in [0.29, 0.717) is 0 Å². The van der Waals surface area contributed by atoms with Gasteiger partial charge < -0.3 is 5.73 Å². The van der Waals surface area contributed by atoms with Crippen LogP contribution in [0.3, 0.4) is 0 Å². The molecular weight excluding hydrogens is 116 g/mol. The Bertz CT molecular complexity index is 120. The Hall–Kier alpha value is -0.440. The van der Waals surface area contributed by atoms with E-state index in [1.807, 2.05) is 0 Å². The highest BCUT2D eigenvalue weighted by Gasteiger charge is 2.39. The van der Waals surface area contributed by atoms with Gasteiger partial charge in [-0.2, -0.15) is 4.91 Å². The van der Waals surface area contributed by atoms with Crippen LogP contribution in [0.5, 0.6) is 0 Å².